The second-order valence-corrected chi connectivity index (χ2v) is 6.56. The summed E-state index contributed by atoms with van der Waals surface area (Å²) in [6.45, 7) is 1.47. The molecule has 1 aliphatic rings. The zero-order chi connectivity index (χ0) is 21.0. The highest BCUT2D eigenvalue weighted by molar-refractivity contribution is 5.96. The van der Waals surface area contributed by atoms with Crippen LogP contribution in [0.1, 0.15) is 23.6 Å². The van der Waals surface area contributed by atoms with Gasteiger partial charge < -0.3 is 15.2 Å². The topological polar surface area (TPSA) is 78.9 Å². The number of hydrogen-bond donors (Lipinski definition) is 2. The molecule has 0 fully saturated rings. The Bertz CT molecular complexity index is 944. The van der Waals surface area contributed by atoms with Gasteiger partial charge in [0.1, 0.15) is 24.0 Å². The van der Waals surface area contributed by atoms with Crippen molar-refractivity contribution in [2.75, 3.05) is 18.5 Å². The molecule has 29 heavy (non-hydrogen) atoms. The first-order valence-corrected chi connectivity index (χ1v) is 8.98. The summed E-state index contributed by atoms with van der Waals surface area (Å²) >= 11 is 0. The maximum Gasteiger partial charge on any atom is 0.326 e. The molecule has 0 bridgehead atoms. The van der Waals surface area contributed by atoms with Crippen LogP contribution in [0.4, 0.5) is 19.3 Å². The number of halogens is 2. The molecular weight excluding hydrogens is 382 g/mol. The van der Waals surface area contributed by atoms with Gasteiger partial charge in [-0.1, -0.05) is 12.1 Å². The Labute approximate surface area is 166 Å². The lowest BCUT2D eigenvalue weighted by Gasteiger charge is -2.31. The molecule has 1 aliphatic heterocycles. The molecule has 0 unspecified atom stereocenters. The molecule has 2 aromatic rings. The van der Waals surface area contributed by atoms with Gasteiger partial charge in [-0.2, -0.15) is 0 Å². The molecular formula is C21H20F2N2O4. The van der Waals surface area contributed by atoms with Crippen molar-refractivity contribution >= 4 is 17.5 Å². The standard InChI is InChI=1S/C21H20F2N2O4/c1-13-10-17(23)18(12-20(13)29-9-8-26)24-21(28)25-7-6-16(27)11-19(25)14-2-4-15(22)5-3-14/h2-7,10,12,19,26H,8-9,11H2,1H3,(H,24,28)/t19-/m0/s1. The van der Waals surface area contributed by atoms with Crippen molar-refractivity contribution in [1.82, 2.24) is 4.90 Å². The fraction of sp³-hybridized carbons (Fsp3) is 0.238. The van der Waals surface area contributed by atoms with E-state index in [0.717, 1.165) is 0 Å². The third-order valence-electron chi connectivity index (χ3n) is 4.50. The summed E-state index contributed by atoms with van der Waals surface area (Å²) in [5.74, 6) is -0.929. The average molecular weight is 402 g/mol. The van der Waals surface area contributed by atoms with E-state index >= 15 is 0 Å². The number of anilines is 1. The lowest BCUT2D eigenvalue weighted by Crippen LogP contribution is -2.37. The van der Waals surface area contributed by atoms with Crippen LogP contribution in [0.25, 0.3) is 0 Å². The third-order valence-corrected chi connectivity index (χ3v) is 4.50. The highest BCUT2D eigenvalue weighted by atomic mass is 19.1. The van der Waals surface area contributed by atoms with Crippen LogP contribution in [0.3, 0.4) is 0 Å². The smallest absolute Gasteiger partial charge is 0.326 e. The summed E-state index contributed by atoms with van der Waals surface area (Å²) in [5.41, 5.74) is 0.994. The maximum atomic E-state index is 14.4. The van der Waals surface area contributed by atoms with Gasteiger partial charge in [0.25, 0.3) is 0 Å². The number of hydrogen-bond acceptors (Lipinski definition) is 4. The van der Waals surface area contributed by atoms with Crippen molar-refractivity contribution in [3.05, 3.63) is 71.4 Å². The first kappa shape index (κ1) is 20.5. The molecule has 3 rings (SSSR count). The zero-order valence-electron chi connectivity index (χ0n) is 15.7. The molecule has 2 amide bonds. The SMILES string of the molecule is Cc1cc(F)c(NC(=O)N2C=CC(=O)C[C@H]2c2ccc(F)cc2)cc1OCCO. The zero-order valence-corrected chi connectivity index (χ0v) is 15.7. The summed E-state index contributed by atoms with van der Waals surface area (Å²) in [6.07, 6.45) is 2.61. The number of aliphatic hydroxyl groups is 1. The van der Waals surface area contributed by atoms with Gasteiger partial charge in [-0.05, 0) is 42.3 Å². The van der Waals surface area contributed by atoms with E-state index in [0.29, 0.717) is 16.9 Å². The monoisotopic (exact) mass is 402 g/mol. The summed E-state index contributed by atoms with van der Waals surface area (Å²) < 4.78 is 32.9. The van der Waals surface area contributed by atoms with Gasteiger partial charge in [0, 0.05) is 18.7 Å². The van der Waals surface area contributed by atoms with E-state index in [-0.39, 0.29) is 31.1 Å². The Hall–Kier alpha value is -3.26. The Balaban J connectivity index is 1.85. The molecule has 0 spiro atoms. The van der Waals surface area contributed by atoms with Gasteiger partial charge >= 0.3 is 6.03 Å². The molecule has 0 radical (unpaired) electrons. The summed E-state index contributed by atoms with van der Waals surface area (Å²) in [6, 6.07) is 6.75. The van der Waals surface area contributed by atoms with Crippen LogP contribution >= 0.6 is 0 Å². The van der Waals surface area contributed by atoms with Gasteiger partial charge in [-0.25, -0.2) is 13.6 Å². The van der Waals surface area contributed by atoms with Crippen molar-refractivity contribution in [2.24, 2.45) is 0 Å². The lowest BCUT2D eigenvalue weighted by molar-refractivity contribution is -0.116. The number of urea groups is 1. The lowest BCUT2D eigenvalue weighted by atomic mass is 9.97. The molecule has 2 N–H and O–H groups in total. The van der Waals surface area contributed by atoms with Crippen LogP contribution in [-0.2, 0) is 4.79 Å². The molecule has 1 heterocycles. The van der Waals surface area contributed by atoms with Crippen LogP contribution in [0.15, 0.2) is 48.7 Å². The maximum absolute atomic E-state index is 14.4. The van der Waals surface area contributed by atoms with E-state index in [9.17, 15) is 18.4 Å². The van der Waals surface area contributed by atoms with Gasteiger partial charge in [0.15, 0.2) is 5.78 Å². The van der Waals surface area contributed by atoms with Crippen LogP contribution in [-0.4, -0.2) is 35.0 Å². The van der Waals surface area contributed by atoms with Crippen LogP contribution in [0, 0.1) is 18.6 Å². The number of amides is 2. The number of benzene rings is 2. The van der Waals surface area contributed by atoms with Crippen molar-refractivity contribution in [3.63, 3.8) is 0 Å². The number of allylic oxidation sites excluding steroid dienone is 1. The van der Waals surface area contributed by atoms with E-state index in [4.69, 9.17) is 9.84 Å². The Morgan fingerprint density at radius 1 is 1.28 bits per heavy atom. The molecule has 0 saturated carbocycles. The van der Waals surface area contributed by atoms with Crippen molar-refractivity contribution in [3.8, 4) is 5.75 Å². The second kappa shape index (κ2) is 8.83. The van der Waals surface area contributed by atoms with Gasteiger partial charge in [0.05, 0.1) is 18.3 Å². The molecule has 152 valence electrons. The average Bonchev–Trinajstić information content (AvgIpc) is 2.69. The summed E-state index contributed by atoms with van der Waals surface area (Å²) in [7, 11) is 0. The number of carbonyl (C=O) groups is 2. The predicted molar refractivity (Wildman–Crippen MR) is 102 cm³/mol. The number of aryl methyl sites for hydroxylation is 1. The first-order chi connectivity index (χ1) is 13.9. The van der Waals surface area contributed by atoms with E-state index in [1.54, 1.807) is 6.92 Å². The summed E-state index contributed by atoms with van der Waals surface area (Å²) in [4.78, 5) is 25.9. The second-order valence-electron chi connectivity index (χ2n) is 6.56. The van der Waals surface area contributed by atoms with Gasteiger partial charge in [0.2, 0.25) is 0 Å². The number of carbonyl (C=O) groups excluding carboxylic acids is 2. The third kappa shape index (κ3) is 4.78. The highest BCUT2D eigenvalue weighted by Gasteiger charge is 2.29. The minimum absolute atomic E-state index is 0.0246. The summed E-state index contributed by atoms with van der Waals surface area (Å²) in [5, 5.41) is 11.4. The Morgan fingerprint density at radius 3 is 2.69 bits per heavy atom. The van der Waals surface area contributed by atoms with Crippen LogP contribution in [0.5, 0.6) is 5.75 Å². The van der Waals surface area contributed by atoms with E-state index in [2.05, 4.69) is 5.32 Å². The molecule has 8 heteroatoms. The largest absolute Gasteiger partial charge is 0.491 e. The molecule has 0 saturated heterocycles. The van der Waals surface area contributed by atoms with Gasteiger partial charge in [-0.15, -0.1) is 0 Å². The molecule has 1 atom stereocenters. The quantitative estimate of drug-likeness (QED) is 0.799. The number of ketones is 1. The first-order valence-electron chi connectivity index (χ1n) is 8.98. The number of nitrogens with one attached hydrogen (secondary N) is 1. The van der Waals surface area contributed by atoms with Crippen molar-refractivity contribution < 1.29 is 28.2 Å². The number of aliphatic hydroxyl groups excluding tert-OH is 1. The minimum atomic E-state index is -0.654. The van der Waals surface area contributed by atoms with Crippen LogP contribution in [0.2, 0.25) is 0 Å². The Morgan fingerprint density at radius 2 is 2.00 bits per heavy atom. The molecule has 6 nitrogen and oxygen atoms in total. The van der Waals surface area contributed by atoms with E-state index in [1.807, 2.05) is 0 Å². The van der Waals surface area contributed by atoms with Crippen molar-refractivity contribution in [1.29, 1.82) is 0 Å². The minimum Gasteiger partial charge on any atom is -0.491 e. The number of ether oxygens (including phenoxy) is 1. The van der Waals surface area contributed by atoms with Crippen molar-refractivity contribution in [2.45, 2.75) is 19.4 Å². The fourth-order valence-corrected chi connectivity index (χ4v) is 3.04. The highest BCUT2D eigenvalue weighted by Crippen LogP contribution is 2.31. The molecule has 2 aromatic carbocycles. The van der Waals surface area contributed by atoms with E-state index in [1.165, 1.54) is 53.6 Å². The molecule has 0 aromatic heterocycles. The number of nitrogens with zero attached hydrogens (tertiary/aromatic N) is 1. The molecule has 0 aliphatic carbocycles. The van der Waals surface area contributed by atoms with Gasteiger partial charge in [-0.3, -0.25) is 9.69 Å². The van der Waals surface area contributed by atoms with E-state index < -0.39 is 23.7 Å². The number of rotatable bonds is 5. The van der Waals surface area contributed by atoms with Crippen LogP contribution < -0.4 is 10.1 Å². The normalized spacial score (nSPS) is 16.1. The predicted octanol–water partition coefficient (Wildman–Crippen LogP) is 3.71. The Kier molecular flexibility index (Phi) is 6.23. The fourth-order valence-electron chi connectivity index (χ4n) is 3.04.